The molecule has 0 aromatic heterocycles. The Labute approximate surface area is 100.0 Å². The van der Waals surface area contributed by atoms with Crippen LogP contribution < -0.4 is 16.8 Å². The van der Waals surface area contributed by atoms with Gasteiger partial charge in [-0.2, -0.15) is 0 Å². The highest BCUT2D eigenvalue weighted by Gasteiger charge is 2.23. The van der Waals surface area contributed by atoms with Crippen molar-refractivity contribution in [3.8, 4) is 0 Å². The molecule has 1 aliphatic carbocycles. The van der Waals surface area contributed by atoms with Crippen LogP contribution >= 0.6 is 0 Å². The maximum Gasteiger partial charge on any atom is 0.255 e. The molecule has 17 heavy (non-hydrogen) atoms. The summed E-state index contributed by atoms with van der Waals surface area (Å²) < 4.78 is 0. The van der Waals surface area contributed by atoms with Gasteiger partial charge in [0, 0.05) is 17.7 Å². The van der Waals surface area contributed by atoms with Crippen molar-refractivity contribution >= 4 is 11.6 Å². The summed E-state index contributed by atoms with van der Waals surface area (Å²) in [4.78, 5) is 11.9. The molecule has 0 heterocycles. The highest BCUT2D eigenvalue weighted by atomic mass is 16.1. The number of hydrogen-bond donors (Lipinski definition) is 3. The minimum Gasteiger partial charge on any atom is -0.337 e. The minimum atomic E-state index is -0.587. The Hall–Kier alpha value is -1.91. The number of carbonyl (C=O) groups excluding carboxylic acids is 1. The fraction of sp³-hybridized carbons (Fsp3) is 0.154. The zero-order chi connectivity index (χ0) is 12.3. The van der Waals surface area contributed by atoms with Gasteiger partial charge in [-0.15, -0.1) is 0 Å². The molecular formula is C13H16N3O+. The number of amides is 1. The van der Waals surface area contributed by atoms with Gasteiger partial charge in [0.25, 0.3) is 5.91 Å². The summed E-state index contributed by atoms with van der Waals surface area (Å²) >= 11 is 0. The normalized spacial score (nSPS) is 23.1. The summed E-state index contributed by atoms with van der Waals surface area (Å²) in [5.41, 5.74) is 10.5. The molecule has 0 unspecified atom stereocenters. The summed E-state index contributed by atoms with van der Waals surface area (Å²) in [5.74, 6) is -0.122. The number of nitrogens with two attached hydrogens (primary N) is 1. The Bertz CT molecular complexity index is 475. The van der Waals surface area contributed by atoms with Crippen molar-refractivity contribution in [3.05, 3.63) is 54.1 Å². The van der Waals surface area contributed by atoms with Gasteiger partial charge in [-0.3, -0.25) is 10.5 Å². The zero-order valence-electron chi connectivity index (χ0n) is 9.52. The Morgan fingerprint density at radius 2 is 2.06 bits per heavy atom. The molecule has 4 heteroatoms. The van der Waals surface area contributed by atoms with Crippen LogP contribution in [0.4, 0.5) is 5.69 Å². The summed E-state index contributed by atoms with van der Waals surface area (Å²) in [6, 6.07) is 9.35. The van der Waals surface area contributed by atoms with Crippen LogP contribution in [0.3, 0.4) is 0 Å². The Morgan fingerprint density at radius 3 is 2.65 bits per heavy atom. The Kier molecular flexibility index (Phi) is 3.08. The first-order valence-corrected chi connectivity index (χ1v) is 5.47. The lowest BCUT2D eigenvalue weighted by Gasteiger charge is -2.18. The van der Waals surface area contributed by atoms with Gasteiger partial charge >= 0.3 is 0 Å². The van der Waals surface area contributed by atoms with E-state index < -0.39 is 5.66 Å². The number of para-hydroxylation sites is 1. The van der Waals surface area contributed by atoms with Gasteiger partial charge in [0.1, 0.15) is 0 Å². The van der Waals surface area contributed by atoms with Crippen molar-refractivity contribution in [2.24, 2.45) is 5.73 Å². The fourth-order valence-electron chi connectivity index (χ4n) is 1.58. The number of carbonyl (C=O) groups is 1. The van der Waals surface area contributed by atoms with E-state index >= 15 is 0 Å². The molecule has 1 aromatic rings. The molecule has 0 radical (unpaired) electrons. The molecule has 0 saturated carbocycles. The van der Waals surface area contributed by atoms with E-state index in [0.29, 0.717) is 12.0 Å². The first-order chi connectivity index (χ1) is 8.07. The number of quaternary nitrogens is 1. The van der Waals surface area contributed by atoms with Crippen molar-refractivity contribution in [1.29, 1.82) is 0 Å². The van der Waals surface area contributed by atoms with Crippen LogP contribution in [0, 0.1) is 0 Å². The zero-order valence-corrected chi connectivity index (χ0v) is 9.52. The maximum absolute atomic E-state index is 11.9. The molecule has 1 amide bonds. The Morgan fingerprint density at radius 1 is 1.35 bits per heavy atom. The van der Waals surface area contributed by atoms with Crippen LogP contribution in [0.15, 0.2) is 54.1 Å². The van der Waals surface area contributed by atoms with E-state index in [-0.39, 0.29) is 5.91 Å². The predicted octanol–water partition coefficient (Wildman–Crippen LogP) is 0.408. The van der Waals surface area contributed by atoms with Crippen molar-refractivity contribution in [2.75, 3.05) is 5.32 Å². The van der Waals surface area contributed by atoms with E-state index in [1.54, 1.807) is 12.2 Å². The second-order valence-electron chi connectivity index (χ2n) is 4.25. The molecule has 0 spiro atoms. The quantitative estimate of drug-likeness (QED) is 0.643. The predicted molar refractivity (Wildman–Crippen MR) is 66.7 cm³/mol. The van der Waals surface area contributed by atoms with Gasteiger partial charge in [0.05, 0.1) is 0 Å². The minimum absolute atomic E-state index is 0.122. The molecule has 0 bridgehead atoms. The average molecular weight is 230 g/mol. The van der Waals surface area contributed by atoms with E-state index in [9.17, 15) is 4.79 Å². The molecule has 0 saturated heterocycles. The highest BCUT2D eigenvalue weighted by molar-refractivity contribution is 6.05. The van der Waals surface area contributed by atoms with Gasteiger partial charge in [-0.1, -0.05) is 24.3 Å². The van der Waals surface area contributed by atoms with E-state index in [1.165, 1.54) is 0 Å². The molecule has 1 atom stereocenters. The van der Waals surface area contributed by atoms with Crippen molar-refractivity contribution in [2.45, 2.75) is 12.1 Å². The molecule has 0 fully saturated rings. The molecule has 6 N–H and O–H groups in total. The van der Waals surface area contributed by atoms with E-state index in [0.717, 1.165) is 5.69 Å². The van der Waals surface area contributed by atoms with Gasteiger partial charge in [-0.05, 0) is 24.3 Å². The van der Waals surface area contributed by atoms with Gasteiger partial charge in [-0.25, -0.2) is 0 Å². The third-order valence-corrected chi connectivity index (χ3v) is 2.59. The second kappa shape index (κ2) is 4.53. The van der Waals surface area contributed by atoms with Crippen molar-refractivity contribution < 1.29 is 10.5 Å². The third kappa shape index (κ3) is 3.03. The van der Waals surface area contributed by atoms with Gasteiger partial charge < -0.3 is 11.1 Å². The SMILES string of the molecule is N[C@@]1([NH3+])C=CC(C(=O)Nc2ccccc2)=CC1. The number of benzene rings is 1. The Balaban J connectivity index is 2.04. The molecule has 1 aliphatic rings. The fourth-order valence-corrected chi connectivity index (χ4v) is 1.58. The van der Waals surface area contributed by atoms with Crippen LogP contribution in [0.2, 0.25) is 0 Å². The number of rotatable bonds is 2. The van der Waals surface area contributed by atoms with E-state index in [2.05, 4.69) is 11.1 Å². The number of nitrogens with one attached hydrogen (secondary N) is 1. The highest BCUT2D eigenvalue weighted by Crippen LogP contribution is 2.15. The van der Waals surface area contributed by atoms with Crippen LogP contribution in [0.25, 0.3) is 0 Å². The van der Waals surface area contributed by atoms with Gasteiger partial charge in [0.2, 0.25) is 0 Å². The van der Waals surface area contributed by atoms with Crippen molar-refractivity contribution in [3.63, 3.8) is 0 Å². The molecule has 1 aromatic carbocycles. The van der Waals surface area contributed by atoms with Crippen LogP contribution in [0.1, 0.15) is 6.42 Å². The summed E-state index contributed by atoms with van der Waals surface area (Å²) in [7, 11) is 0. The molecule has 88 valence electrons. The molecule has 2 rings (SSSR count). The molecular weight excluding hydrogens is 214 g/mol. The monoisotopic (exact) mass is 230 g/mol. The van der Waals surface area contributed by atoms with Gasteiger partial charge in [0.15, 0.2) is 5.66 Å². The van der Waals surface area contributed by atoms with E-state index in [1.807, 2.05) is 36.4 Å². The number of anilines is 1. The summed E-state index contributed by atoms with van der Waals surface area (Å²) in [5, 5.41) is 2.82. The largest absolute Gasteiger partial charge is 0.337 e. The van der Waals surface area contributed by atoms with E-state index in [4.69, 9.17) is 5.73 Å². The topological polar surface area (TPSA) is 82.8 Å². The average Bonchev–Trinajstić information content (AvgIpc) is 2.30. The van der Waals surface area contributed by atoms with Crippen molar-refractivity contribution in [1.82, 2.24) is 0 Å². The number of hydrogen-bond acceptors (Lipinski definition) is 2. The first kappa shape index (κ1) is 11.6. The third-order valence-electron chi connectivity index (χ3n) is 2.59. The summed E-state index contributed by atoms with van der Waals surface area (Å²) in [6.45, 7) is 0. The lowest BCUT2D eigenvalue weighted by Crippen LogP contribution is -2.77. The lowest BCUT2D eigenvalue weighted by molar-refractivity contribution is -0.456. The summed E-state index contributed by atoms with van der Waals surface area (Å²) in [6.07, 6.45) is 5.86. The van der Waals surface area contributed by atoms with Crippen LogP contribution in [0.5, 0.6) is 0 Å². The van der Waals surface area contributed by atoms with Crippen LogP contribution in [-0.2, 0) is 4.79 Å². The second-order valence-corrected chi connectivity index (χ2v) is 4.25. The smallest absolute Gasteiger partial charge is 0.255 e. The molecule has 4 nitrogen and oxygen atoms in total. The standard InChI is InChI=1S/C13H15N3O/c14-13(15)8-6-10(7-9-13)12(17)16-11-4-2-1-3-5-11/h1-8H,9,14-15H2,(H,16,17)/p+1. The molecule has 0 aliphatic heterocycles. The maximum atomic E-state index is 11.9. The first-order valence-electron chi connectivity index (χ1n) is 5.47. The van der Waals surface area contributed by atoms with Crippen LogP contribution in [-0.4, -0.2) is 11.6 Å². The lowest BCUT2D eigenvalue weighted by atomic mass is 9.98.